The minimum absolute atomic E-state index is 0.254. The zero-order chi connectivity index (χ0) is 8.53. The van der Waals surface area contributed by atoms with Crippen molar-refractivity contribution in [3.05, 3.63) is 0 Å². The molecule has 0 radical (unpaired) electrons. The van der Waals surface area contributed by atoms with E-state index in [-0.39, 0.29) is 6.61 Å². The van der Waals surface area contributed by atoms with Gasteiger partial charge >= 0.3 is 0 Å². The molecule has 0 bridgehead atoms. The lowest BCUT2D eigenvalue weighted by atomic mass is 10.1. The number of nitrogens with one attached hydrogen (secondary N) is 1. The molecule has 0 aromatic heterocycles. The molecule has 0 saturated carbocycles. The first kappa shape index (κ1) is 10.9. The maximum atomic E-state index is 8.59. The Morgan fingerprint density at radius 3 is 2.09 bits per heavy atom. The fourth-order valence-corrected chi connectivity index (χ4v) is 1.31. The highest BCUT2D eigenvalue weighted by Gasteiger charge is 2.03. The molecule has 0 saturated heterocycles. The molecule has 0 aromatic carbocycles. The highest BCUT2D eigenvalue weighted by molar-refractivity contribution is 4.64. The van der Waals surface area contributed by atoms with Crippen molar-refractivity contribution in [2.75, 3.05) is 13.2 Å². The predicted molar refractivity (Wildman–Crippen MR) is 48.7 cm³/mol. The summed E-state index contributed by atoms with van der Waals surface area (Å²) in [4.78, 5) is 0. The van der Waals surface area contributed by atoms with Crippen molar-refractivity contribution in [2.45, 2.75) is 45.6 Å². The van der Waals surface area contributed by atoms with Crippen molar-refractivity contribution in [2.24, 2.45) is 0 Å². The third-order valence-electron chi connectivity index (χ3n) is 1.82. The van der Waals surface area contributed by atoms with Gasteiger partial charge in [0.2, 0.25) is 0 Å². The van der Waals surface area contributed by atoms with Gasteiger partial charge in [-0.2, -0.15) is 0 Å². The molecule has 0 aromatic rings. The quantitative estimate of drug-likeness (QED) is 0.590. The van der Waals surface area contributed by atoms with Crippen molar-refractivity contribution >= 4 is 0 Å². The topological polar surface area (TPSA) is 32.3 Å². The molecule has 0 rings (SSSR count). The van der Waals surface area contributed by atoms with Crippen molar-refractivity contribution in [1.29, 1.82) is 0 Å². The van der Waals surface area contributed by atoms with E-state index in [0.29, 0.717) is 6.04 Å². The smallest absolute Gasteiger partial charge is 0.0556 e. The third kappa shape index (κ3) is 6.32. The average Bonchev–Trinajstić information content (AvgIpc) is 2.01. The lowest BCUT2D eigenvalue weighted by Crippen LogP contribution is -2.31. The van der Waals surface area contributed by atoms with Gasteiger partial charge < -0.3 is 10.4 Å². The second-order valence-corrected chi connectivity index (χ2v) is 2.95. The van der Waals surface area contributed by atoms with Crippen LogP contribution in [0.1, 0.15) is 39.5 Å². The van der Waals surface area contributed by atoms with Crippen molar-refractivity contribution in [1.82, 2.24) is 5.32 Å². The Hall–Kier alpha value is -0.0800. The van der Waals surface area contributed by atoms with Crippen molar-refractivity contribution in [3.8, 4) is 0 Å². The van der Waals surface area contributed by atoms with Gasteiger partial charge in [-0.1, -0.05) is 26.7 Å². The zero-order valence-electron chi connectivity index (χ0n) is 7.77. The maximum Gasteiger partial charge on any atom is 0.0556 e. The number of aliphatic hydroxyl groups is 1. The summed E-state index contributed by atoms with van der Waals surface area (Å²) >= 11 is 0. The first-order chi connectivity index (χ1) is 5.35. The van der Waals surface area contributed by atoms with E-state index >= 15 is 0 Å². The normalized spacial score (nSPS) is 10.9. The van der Waals surface area contributed by atoms with Gasteiger partial charge in [0.25, 0.3) is 0 Å². The second-order valence-electron chi connectivity index (χ2n) is 2.95. The number of hydrogen-bond donors (Lipinski definition) is 2. The largest absolute Gasteiger partial charge is 0.395 e. The van der Waals surface area contributed by atoms with E-state index in [4.69, 9.17) is 5.11 Å². The molecule has 0 aliphatic carbocycles. The molecule has 0 amide bonds. The Morgan fingerprint density at radius 1 is 1.18 bits per heavy atom. The van der Waals surface area contributed by atoms with Gasteiger partial charge in [0.05, 0.1) is 6.61 Å². The fraction of sp³-hybridized carbons (Fsp3) is 1.00. The predicted octanol–water partition coefficient (Wildman–Crippen LogP) is 1.54. The van der Waals surface area contributed by atoms with Crippen LogP contribution in [-0.2, 0) is 0 Å². The highest BCUT2D eigenvalue weighted by Crippen LogP contribution is 2.03. The van der Waals surface area contributed by atoms with E-state index in [1.54, 1.807) is 0 Å². The van der Waals surface area contributed by atoms with Gasteiger partial charge in [-0.25, -0.2) is 0 Å². The summed E-state index contributed by atoms with van der Waals surface area (Å²) in [6, 6.07) is 0.622. The van der Waals surface area contributed by atoms with E-state index in [1.807, 2.05) is 0 Å². The van der Waals surface area contributed by atoms with Gasteiger partial charge in [0.15, 0.2) is 0 Å². The Balaban J connectivity index is 3.34. The van der Waals surface area contributed by atoms with Crippen LogP contribution in [-0.4, -0.2) is 24.3 Å². The lowest BCUT2D eigenvalue weighted by Gasteiger charge is -2.15. The average molecular weight is 159 g/mol. The Labute approximate surface area is 70.0 Å². The molecule has 2 nitrogen and oxygen atoms in total. The van der Waals surface area contributed by atoms with Crippen LogP contribution < -0.4 is 5.32 Å². The summed E-state index contributed by atoms with van der Waals surface area (Å²) < 4.78 is 0. The van der Waals surface area contributed by atoms with Crippen LogP contribution in [0.4, 0.5) is 0 Å². The molecule has 0 aliphatic heterocycles. The Kier molecular flexibility index (Phi) is 7.96. The Morgan fingerprint density at radius 2 is 1.73 bits per heavy atom. The molecule has 0 heterocycles. The van der Waals surface area contributed by atoms with E-state index < -0.39 is 0 Å². The monoisotopic (exact) mass is 159 g/mol. The number of rotatable bonds is 7. The van der Waals surface area contributed by atoms with Gasteiger partial charge in [0, 0.05) is 12.6 Å². The summed E-state index contributed by atoms with van der Waals surface area (Å²) in [6.45, 7) is 5.39. The molecule has 68 valence electrons. The summed E-state index contributed by atoms with van der Waals surface area (Å²) in [6.07, 6.45) is 4.91. The molecule has 0 spiro atoms. The molecular formula is C9H21NO. The standard InChI is InChI=1S/C9H21NO/c1-3-5-9(6-4-2)10-7-8-11/h9-11H,3-8H2,1-2H3. The Bertz CT molecular complexity index is 70.0. The minimum Gasteiger partial charge on any atom is -0.395 e. The van der Waals surface area contributed by atoms with Crippen LogP contribution in [0.5, 0.6) is 0 Å². The molecule has 2 N–H and O–H groups in total. The molecular weight excluding hydrogens is 138 g/mol. The van der Waals surface area contributed by atoms with Crippen LogP contribution in [0.3, 0.4) is 0 Å². The molecule has 0 aliphatic rings. The third-order valence-corrected chi connectivity index (χ3v) is 1.82. The van der Waals surface area contributed by atoms with Crippen LogP contribution >= 0.6 is 0 Å². The maximum absolute atomic E-state index is 8.59. The SMILES string of the molecule is CCCC(CCC)NCCO. The molecule has 0 unspecified atom stereocenters. The zero-order valence-corrected chi connectivity index (χ0v) is 7.77. The second kappa shape index (κ2) is 8.02. The molecule has 2 heteroatoms. The minimum atomic E-state index is 0.254. The van der Waals surface area contributed by atoms with Crippen molar-refractivity contribution < 1.29 is 5.11 Å². The summed E-state index contributed by atoms with van der Waals surface area (Å²) in [5.41, 5.74) is 0. The summed E-state index contributed by atoms with van der Waals surface area (Å²) in [7, 11) is 0. The van der Waals surface area contributed by atoms with Gasteiger partial charge in [-0.15, -0.1) is 0 Å². The van der Waals surface area contributed by atoms with E-state index in [2.05, 4.69) is 19.2 Å². The summed E-state index contributed by atoms with van der Waals surface area (Å²) in [5, 5.41) is 11.9. The fourth-order valence-electron chi connectivity index (χ4n) is 1.31. The van der Waals surface area contributed by atoms with Crippen LogP contribution in [0.15, 0.2) is 0 Å². The summed E-state index contributed by atoms with van der Waals surface area (Å²) in [5.74, 6) is 0. The van der Waals surface area contributed by atoms with Crippen LogP contribution in [0.25, 0.3) is 0 Å². The first-order valence-electron chi connectivity index (χ1n) is 4.69. The van der Waals surface area contributed by atoms with Gasteiger partial charge in [0.1, 0.15) is 0 Å². The first-order valence-corrected chi connectivity index (χ1v) is 4.69. The molecule has 0 fully saturated rings. The number of hydrogen-bond acceptors (Lipinski definition) is 2. The highest BCUT2D eigenvalue weighted by atomic mass is 16.3. The van der Waals surface area contributed by atoms with Gasteiger partial charge in [-0.05, 0) is 12.8 Å². The van der Waals surface area contributed by atoms with E-state index in [9.17, 15) is 0 Å². The molecule has 0 atom stereocenters. The van der Waals surface area contributed by atoms with Gasteiger partial charge in [-0.3, -0.25) is 0 Å². The van der Waals surface area contributed by atoms with Crippen LogP contribution in [0, 0.1) is 0 Å². The lowest BCUT2D eigenvalue weighted by molar-refractivity contribution is 0.279. The van der Waals surface area contributed by atoms with Crippen molar-refractivity contribution in [3.63, 3.8) is 0 Å². The molecule has 11 heavy (non-hydrogen) atoms. The van der Waals surface area contributed by atoms with E-state index in [1.165, 1.54) is 25.7 Å². The van der Waals surface area contributed by atoms with E-state index in [0.717, 1.165) is 6.54 Å². The van der Waals surface area contributed by atoms with Crippen LogP contribution in [0.2, 0.25) is 0 Å². The number of aliphatic hydroxyl groups excluding tert-OH is 1.